The van der Waals surface area contributed by atoms with Crippen molar-refractivity contribution in [2.45, 2.75) is 38.5 Å². The van der Waals surface area contributed by atoms with Gasteiger partial charge in [-0.05, 0) is 43.0 Å². The molecule has 0 saturated heterocycles. The van der Waals surface area contributed by atoms with Gasteiger partial charge in [0.2, 0.25) is 5.91 Å². The monoisotopic (exact) mass is 406 g/mol. The van der Waals surface area contributed by atoms with E-state index in [1.165, 1.54) is 17.0 Å². The molecule has 2 aromatic rings. The number of non-ortho nitro benzene ring substituents is 1. The van der Waals surface area contributed by atoms with Crippen LogP contribution < -0.4 is 9.64 Å². The summed E-state index contributed by atoms with van der Waals surface area (Å²) in [7, 11) is 1.59. The van der Waals surface area contributed by atoms with Crippen LogP contribution in [0.15, 0.2) is 53.7 Å². The van der Waals surface area contributed by atoms with Gasteiger partial charge in [0.15, 0.2) is 5.78 Å². The molecule has 7 heteroatoms. The number of hydrogen-bond donors (Lipinski definition) is 0. The Hall–Kier alpha value is -3.48. The number of carbonyl (C=O) groups excluding carboxylic acids is 2. The summed E-state index contributed by atoms with van der Waals surface area (Å²) in [5, 5.41) is 11.3. The van der Waals surface area contributed by atoms with Crippen LogP contribution in [0.5, 0.6) is 5.75 Å². The smallest absolute Gasteiger partial charge is 0.271 e. The first kappa shape index (κ1) is 19.8. The highest BCUT2D eigenvalue weighted by atomic mass is 16.6. The van der Waals surface area contributed by atoms with Gasteiger partial charge in [-0.2, -0.15) is 0 Å². The van der Waals surface area contributed by atoms with E-state index in [0.29, 0.717) is 42.0 Å². The van der Waals surface area contributed by atoms with Crippen LogP contribution in [-0.4, -0.2) is 23.7 Å². The summed E-state index contributed by atoms with van der Waals surface area (Å²) in [6, 6.07) is 11.9. The molecular weight excluding hydrogens is 384 g/mol. The molecular formula is C23H22N2O5. The van der Waals surface area contributed by atoms with Gasteiger partial charge in [0.1, 0.15) is 5.75 Å². The number of carbonyl (C=O) groups is 2. The van der Waals surface area contributed by atoms with Crippen LogP contribution in [0.2, 0.25) is 0 Å². The molecule has 2 aromatic carbocycles. The van der Waals surface area contributed by atoms with E-state index in [1.54, 1.807) is 13.2 Å². The first-order valence-electron chi connectivity index (χ1n) is 9.89. The Kier molecular flexibility index (Phi) is 5.11. The van der Waals surface area contributed by atoms with Crippen molar-refractivity contribution < 1.29 is 19.2 Å². The van der Waals surface area contributed by atoms with Gasteiger partial charge in [-0.25, -0.2) is 0 Å². The zero-order valence-electron chi connectivity index (χ0n) is 16.9. The van der Waals surface area contributed by atoms with Crippen LogP contribution in [0, 0.1) is 17.0 Å². The molecule has 0 saturated carbocycles. The van der Waals surface area contributed by atoms with E-state index in [4.69, 9.17) is 4.74 Å². The third-order valence-electron chi connectivity index (χ3n) is 5.84. The van der Waals surface area contributed by atoms with Crippen LogP contribution in [0.4, 0.5) is 11.4 Å². The van der Waals surface area contributed by atoms with Gasteiger partial charge in [0.05, 0.1) is 17.7 Å². The van der Waals surface area contributed by atoms with Crippen LogP contribution in [0.1, 0.15) is 42.7 Å². The Bertz CT molecular complexity index is 1070. The van der Waals surface area contributed by atoms with E-state index in [0.717, 1.165) is 11.1 Å². The lowest BCUT2D eigenvalue weighted by atomic mass is 9.77. The van der Waals surface area contributed by atoms with Crippen LogP contribution in [-0.2, 0) is 9.59 Å². The molecule has 0 fully saturated rings. The van der Waals surface area contributed by atoms with Crippen LogP contribution in [0.25, 0.3) is 0 Å². The van der Waals surface area contributed by atoms with E-state index in [-0.39, 0.29) is 29.7 Å². The number of methoxy groups -OCH3 is 1. The normalized spacial score (nSPS) is 19.0. The predicted octanol–water partition coefficient (Wildman–Crippen LogP) is 4.44. The van der Waals surface area contributed by atoms with Crippen molar-refractivity contribution in [3.05, 3.63) is 75.0 Å². The van der Waals surface area contributed by atoms with Gasteiger partial charge in [-0.1, -0.05) is 18.2 Å². The van der Waals surface area contributed by atoms with Gasteiger partial charge in [0, 0.05) is 42.2 Å². The minimum atomic E-state index is -0.473. The number of rotatable bonds is 4. The molecule has 1 heterocycles. The number of nitrogens with zero attached hydrogens (tertiary/aromatic N) is 2. The number of nitro benzene ring substituents is 1. The molecule has 0 bridgehead atoms. The molecule has 30 heavy (non-hydrogen) atoms. The fourth-order valence-corrected chi connectivity index (χ4v) is 4.35. The van der Waals surface area contributed by atoms with Crippen molar-refractivity contribution in [3.8, 4) is 5.75 Å². The fourth-order valence-electron chi connectivity index (χ4n) is 4.35. The lowest BCUT2D eigenvalue weighted by Crippen LogP contribution is -2.40. The highest BCUT2D eigenvalue weighted by Crippen LogP contribution is 2.44. The topological polar surface area (TPSA) is 89.8 Å². The van der Waals surface area contributed by atoms with Gasteiger partial charge >= 0.3 is 0 Å². The lowest BCUT2D eigenvalue weighted by molar-refractivity contribution is -0.384. The molecule has 1 aliphatic heterocycles. The fraction of sp³-hybridized carbons (Fsp3) is 0.304. The molecule has 7 nitrogen and oxygen atoms in total. The van der Waals surface area contributed by atoms with E-state index in [1.807, 2.05) is 31.2 Å². The summed E-state index contributed by atoms with van der Waals surface area (Å²) in [5.74, 6) is 0.269. The maximum Gasteiger partial charge on any atom is 0.271 e. The molecule has 0 spiro atoms. The van der Waals surface area contributed by atoms with E-state index in [9.17, 15) is 19.7 Å². The molecule has 154 valence electrons. The van der Waals surface area contributed by atoms with Crippen molar-refractivity contribution in [3.63, 3.8) is 0 Å². The summed E-state index contributed by atoms with van der Waals surface area (Å²) in [5.41, 5.74) is 3.36. The standard InChI is InChI=1S/C23H22N2O5/c1-14-6-9-16(25(28)29)12-20(14)24-19-4-3-5-21(26)23(19)18(13-22(24)27)15-7-10-17(30-2)11-8-15/h6-12,18H,3-5,13H2,1-2H3. The Morgan fingerprint density at radius 2 is 1.83 bits per heavy atom. The number of amides is 1. The Morgan fingerprint density at radius 1 is 1.10 bits per heavy atom. The van der Waals surface area contributed by atoms with Gasteiger partial charge < -0.3 is 4.74 Å². The number of anilines is 1. The summed E-state index contributed by atoms with van der Waals surface area (Å²) in [6.45, 7) is 1.81. The molecule has 1 amide bonds. The number of allylic oxidation sites excluding steroid dienone is 2. The van der Waals surface area contributed by atoms with Crippen molar-refractivity contribution in [2.24, 2.45) is 0 Å². The summed E-state index contributed by atoms with van der Waals surface area (Å²) in [6.07, 6.45) is 1.83. The Labute approximate surface area is 174 Å². The summed E-state index contributed by atoms with van der Waals surface area (Å²) in [4.78, 5) is 38.6. The molecule has 1 unspecified atom stereocenters. The zero-order valence-corrected chi connectivity index (χ0v) is 16.9. The van der Waals surface area contributed by atoms with Gasteiger partial charge in [-0.15, -0.1) is 0 Å². The second-order valence-electron chi connectivity index (χ2n) is 7.62. The second-order valence-corrected chi connectivity index (χ2v) is 7.62. The number of hydrogen-bond acceptors (Lipinski definition) is 5. The van der Waals surface area contributed by atoms with Gasteiger partial charge in [0.25, 0.3) is 5.69 Å². The average molecular weight is 406 g/mol. The number of ether oxygens (including phenoxy) is 1. The van der Waals surface area contributed by atoms with E-state index in [2.05, 4.69) is 0 Å². The minimum Gasteiger partial charge on any atom is -0.497 e. The zero-order chi connectivity index (χ0) is 21.4. The van der Waals surface area contributed by atoms with Crippen molar-refractivity contribution in [1.82, 2.24) is 0 Å². The van der Waals surface area contributed by atoms with Crippen LogP contribution in [0.3, 0.4) is 0 Å². The number of nitro groups is 1. The molecule has 4 rings (SSSR count). The highest BCUT2D eigenvalue weighted by molar-refractivity contribution is 6.07. The lowest BCUT2D eigenvalue weighted by Gasteiger charge is -2.38. The number of Topliss-reactive ketones (excluding diaryl/α,β-unsaturated/α-hetero) is 1. The maximum atomic E-state index is 13.3. The molecule has 1 aliphatic carbocycles. The molecule has 0 N–H and O–H groups in total. The molecule has 2 aliphatic rings. The largest absolute Gasteiger partial charge is 0.497 e. The maximum absolute atomic E-state index is 13.3. The number of aryl methyl sites for hydroxylation is 1. The van der Waals surface area contributed by atoms with Crippen LogP contribution >= 0.6 is 0 Å². The predicted molar refractivity (Wildman–Crippen MR) is 112 cm³/mol. The number of benzene rings is 2. The Morgan fingerprint density at radius 3 is 2.50 bits per heavy atom. The third kappa shape index (κ3) is 3.36. The molecule has 0 radical (unpaired) electrons. The first-order chi connectivity index (χ1) is 14.4. The summed E-state index contributed by atoms with van der Waals surface area (Å²) < 4.78 is 5.21. The van der Waals surface area contributed by atoms with E-state index >= 15 is 0 Å². The van der Waals surface area contributed by atoms with E-state index < -0.39 is 4.92 Å². The number of ketones is 1. The summed E-state index contributed by atoms with van der Waals surface area (Å²) >= 11 is 0. The third-order valence-corrected chi connectivity index (χ3v) is 5.84. The molecule has 0 aromatic heterocycles. The highest BCUT2D eigenvalue weighted by Gasteiger charge is 2.40. The minimum absolute atomic E-state index is 0.0395. The second kappa shape index (κ2) is 7.74. The average Bonchev–Trinajstić information content (AvgIpc) is 2.74. The van der Waals surface area contributed by atoms with Crippen molar-refractivity contribution in [2.75, 3.05) is 12.0 Å². The Balaban J connectivity index is 1.86. The quantitative estimate of drug-likeness (QED) is 0.553. The van der Waals surface area contributed by atoms with Crippen molar-refractivity contribution in [1.29, 1.82) is 0 Å². The molecule has 1 atom stereocenters. The van der Waals surface area contributed by atoms with Gasteiger partial charge in [-0.3, -0.25) is 24.6 Å². The van der Waals surface area contributed by atoms with Crippen molar-refractivity contribution >= 4 is 23.1 Å². The SMILES string of the molecule is COc1ccc(C2CC(=O)N(c3cc([N+](=O)[O-])ccc3C)C3=C2C(=O)CCC3)cc1. The first-order valence-corrected chi connectivity index (χ1v) is 9.89.